The van der Waals surface area contributed by atoms with Gasteiger partial charge in [-0.25, -0.2) is 18.4 Å². The van der Waals surface area contributed by atoms with Gasteiger partial charge >= 0.3 is 0 Å². The summed E-state index contributed by atoms with van der Waals surface area (Å²) in [6.45, 7) is 2.46. The van der Waals surface area contributed by atoms with Gasteiger partial charge in [-0.2, -0.15) is 5.10 Å². The van der Waals surface area contributed by atoms with Crippen LogP contribution in [0.5, 0.6) is 5.75 Å². The summed E-state index contributed by atoms with van der Waals surface area (Å²) in [6.07, 6.45) is 2.49. The third kappa shape index (κ3) is 2.82. The van der Waals surface area contributed by atoms with E-state index in [1.54, 1.807) is 23.9 Å². The molecule has 0 N–H and O–H groups in total. The number of benzene rings is 1. The van der Waals surface area contributed by atoms with Crippen LogP contribution < -0.4 is 4.74 Å². The molecule has 1 atom stereocenters. The average Bonchev–Trinajstić information content (AvgIpc) is 3.01. The number of aryl methyl sites for hydroxylation is 1. The summed E-state index contributed by atoms with van der Waals surface area (Å²) in [5.41, 5.74) is 2.28. The first-order valence-corrected chi connectivity index (χ1v) is 8.59. The Morgan fingerprint density at radius 1 is 1.19 bits per heavy atom. The van der Waals surface area contributed by atoms with E-state index in [4.69, 9.17) is 9.47 Å². The second-order valence-corrected chi connectivity index (χ2v) is 6.38. The van der Waals surface area contributed by atoms with Crippen molar-refractivity contribution in [2.75, 3.05) is 13.7 Å². The lowest BCUT2D eigenvalue weighted by molar-refractivity contribution is -0.0365. The van der Waals surface area contributed by atoms with Crippen molar-refractivity contribution in [1.82, 2.24) is 14.8 Å². The Kier molecular flexibility index (Phi) is 4.32. The number of fused-ring (bicyclic) bond motifs is 1. The van der Waals surface area contributed by atoms with Crippen LogP contribution in [0.2, 0.25) is 0 Å². The molecule has 26 heavy (non-hydrogen) atoms. The molecule has 136 valence electrons. The van der Waals surface area contributed by atoms with E-state index >= 15 is 0 Å². The highest BCUT2D eigenvalue weighted by Gasteiger charge is 2.24. The van der Waals surface area contributed by atoms with Crippen LogP contribution in [-0.4, -0.2) is 28.5 Å². The quantitative estimate of drug-likeness (QED) is 0.696. The molecule has 7 heteroatoms. The van der Waals surface area contributed by atoms with Gasteiger partial charge in [0.15, 0.2) is 17.9 Å². The molecule has 0 saturated carbocycles. The van der Waals surface area contributed by atoms with Crippen molar-refractivity contribution in [2.45, 2.75) is 32.4 Å². The van der Waals surface area contributed by atoms with Crippen LogP contribution in [0.15, 0.2) is 24.3 Å². The molecule has 3 heterocycles. The molecular weight excluding hydrogens is 340 g/mol. The Morgan fingerprint density at radius 3 is 2.69 bits per heavy atom. The molecule has 3 aromatic rings. The third-order valence-electron chi connectivity index (χ3n) is 4.68. The zero-order valence-electron chi connectivity index (χ0n) is 14.6. The van der Waals surface area contributed by atoms with Crippen molar-refractivity contribution in [3.8, 4) is 17.1 Å². The molecule has 1 aliphatic heterocycles. The standard InChI is InChI=1S/C19H19F2N3O2/c1-11-17(25-2)7-6-15(22-11)19-12-9-13(20)14(21)10-16(12)24(23-19)18-5-3-4-8-26-18/h6-7,9-10,18H,3-5,8H2,1-2H3. The first-order chi connectivity index (χ1) is 12.6. The second kappa shape index (κ2) is 6.64. The van der Waals surface area contributed by atoms with E-state index in [9.17, 15) is 8.78 Å². The van der Waals surface area contributed by atoms with E-state index in [0.717, 1.165) is 19.3 Å². The van der Waals surface area contributed by atoms with Crippen molar-refractivity contribution in [3.05, 3.63) is 41.6 Å². The van der Waals surface area contributed by atoms with Gasteiger partial charge in [-0.05, 0) is 44.4 Å². The molecule has 1 unspecified atom stereocenters. The van der Waals surface area contributed by atoms with E-state index < -0.39 is 11.6 Å². The number of pyridine rings is 1. The van der Waals surface area contributed by atoms with Gasteiger partial charge in [0.1, 0.15) is 11.4 Å². The van der Waals surface area contributed by atoms with Gasteiger partial charge in [-0.1, -0.05) is 0 Å². The summed E-state index contributed by atoms with van der Waals surface area (Å²) in [7, 11) is 1.58. The number of nitrogens with zero attached hydrogens (tertiary/aromatic N) is 3. The van der Waals surface area contributed by atoms with Crippen LogP contribution in [-0.2, 0) is 4.74 Å². The van der Waals surface area contributed by atoms with Crippen LogP contribution >= 0.6 is 0 Å². The zero-order chi connectivity index (χ0) is 18.3. The lowest BCUT2D eigenvalue weighted by atomic mass is 10.1. The Bertz CT molecular complexity index is 965. The number of aromatic nitrogens is 3. The largest absolute Gasteiger partial charge is 0.495 e. The molecule has 2 aromatic heterocycles. The summed E-state index contributed by atoms with van der Waals surface area (Å²) < 4.78 is 40.5. The summed E-state index contributed by atoms with van der Waals surface area (Å²) >= 11 is 0. The van der Waals surface area contributed by atoms with Crippen molar-refractivity contribution < 1.29 is 18.3 Å². The molecule has 1 saturated heterocycles. The summed E-state index contributed by atoms with van der Waals surface area (Å²) in [6, 6.07) is 5.91. The minimum absolute atomic E-state index is 0.288. The van der Waals surface area contributed by atoms with Crippen LogP contribution in [0.1, 0.15) is 31.2 Å². The van der Waals surface area contributed by atoms with Gasteiger partial charge in [0.2, 0.25) is 0 Å². The van der Waals surface area contributed by atoms with Crippen LogP contribution in [0.4, 0.5) is 8.78 Å². The SMILES string of the molecule is COc1ccc(-c2nn(C3CCCCO3)c3cc(F)c(F)cc23)nc1C. The van der Waals surface area contributed by atoms with E-state index in [2.05, 4.69) is 10.1 Å². The van der Waals surface area contributed by atoms with Crippen molar-refractivity contribution >= 4 is 10.9 Å². The van der Waals surface area contributed by atoms with Crippen LogP contribution in [0, 0.1) is 18.6 Å². The Balaban J connectivity index is 1.91. The Morgan fingerprint density at radius 2 is 2.00 bits per heavy atom. The lowest BCUT2D eigenvalue weighted by Gasteiger charge is -2.23. The minimum Gasteiger partial charge on any atom is -0.495 e. The number of halogens is 2. The number of ether oxygens (including phenoxy) is 2. The zero-order valence-corrected chi connectivity index (χ0v) is 14.6. The van der Waals surface area contributed by atoms with Gasteiger partial charge < -0.3 is 9.47 Å². The summed E-state index contributed by atoms with van der Waals surface area (Å²) in [4.78, 5) is 4.52. The van der Waals surface area contributed by atoms with E-state index in [0.29, 0.717) is 40.3 Å². The number of hydrogen-bond acceptors (Lipinski definition) is 4. The molecule has 4 rings (SSSR count). The maximum Gasteiger partial charge on any atom is 0.161 e. The maximum absolute atomic E-state index is 13.9. The number of methoxy groups -OCH3 is 1. The maximum atomic E-state index is 13.9. The molecule has 0 spiro atoms. The Labute approximate surface area is 149 Å². The molecule has 1 fully saturated rings. The highest BCUT2D eigenvalue weighted by Crippen LogP contribution is 2.34. The fourth-order valence-electron chi connectivity index (χ4n) is 3.35. The molecule has 0 aliphatic carbocycles. The van der Waals surface area contributed by atoms with Crippen LogP contribution in [0.3, 0.4) is 0 Å². The topological polar surface area (TPSA) is 49.2 Å². The predicted octanol–water partition coefficient (Wildman–Crippen LogP) is 4.39. The molecule has 1 aliphatic rings. The minimum atomic E-state index is -0.909. The molecule has 0 bridgehead atoms. The molecule has 0 radical (unpaired) electrons. The fourth-order valence-corrected chi connectivity index (χ4v) is 3.35. The summed E-state index contributed by atoms with van der Waals surface area (Å²) in [5.74, 6) is -1.15. The normalized spacial score (nSPS) is 17.6. The number of hydrogen-bond donors (Lipinski definition) is 0. The van der Waals surface area contributed by atoms with Gasteiger partial charge in [0.05, 0.1) is 24.0 Å². The highest BCUT2D eigenvalue weighted by atomic mass is 19.2. The van der Waals surface area contributed by atoms with Crippen molar-refractivity contribution in [2.24, 2.45) is 0 Å². The number of rotatable bonds is 3. The first kappa shape index (κ1) is 16.9. The van der Waals surface area contributed by atoms with Gasteiger partial charge in [-0.15, -0.1) is 0 Å². The monoisotopic (exact) mass is 359 g/mol. The predicted molar refractivity (Wildman–Crippen MR) is 93.0 cm³/mol. The molecule has 0 amide bonds. The van der Waals surface area contributed by atoms with Crippen LogP contribution in [0.25, 0.3) is 22.3 Å². The highest BCUT2D eigenvalue weighted by molar-refractivity contribution is 5.92. The summed E-state index contributed by atoms with van der Waals surface area (Å²) in [5, 5.41) is 5.13. The van der Waals surface area contributed by atoms with Crippen molar-refractivity contribution in [3.63, 3.8) is 0 Å². The fraction of sp³-hybridized carbons (Fsp3) is 0.368. The van der Waals surface area contributed by atoms with E-state index in [1.165, 1.54) is 12.1 Å². The van der Waals surface area contributed by atoms with Gasteiger partial charge in [0, 0.05) is 18.1 Å². The van der Waals surface area contributed by atoms with Crippen molar-refractivity contribution in [1.29, 1.82) is 0 Å². The van der Waals surface area contributed by atoms with E-state index in [-0.39, 0.29) is 6.23 Å². The van der Waals surface area contributed by atoms with E-state index in [1.807, 2.05) is 6.92 Å². The smallest absolute Gasteiger partial charge is 0.161 e. The van der Waals surface area contributed by atoms with Gasteiger partial charge in [-0.3, -0.25) is 0 Å². The molecule has 5 nitrogen and oxygen atoms in total. The Hall–Kier alpha value is -2.54. The third-order valence-corrected chi connectivity index (χ3v) is 4.68. The molecular formula is C19H19F2N3O2. The second-order valence-electron chi connectivity index (χ2n) is 6.38. The lowest BCUT2D eigenvalue weighted by Crippen LogP contribution is -2.19. The first-order valence-electron chi connectivity index (χ1n) is 8.59. The average molecular weight is 359 g/mol. The van der Waals surface area contributed by atoms with Gasteiger partial charge in [0.25, 0.3) is 0 Å². The molecule has 1 aromatic carbocycles.